The highest BCUT2D eigenvalue weighted by atomic mass is 32.2. The van der Waals surface area contributed by atoms with Crippen LogP contribution in [0.1, 0.15) is 18.4 Å². The van der Waals surface area contributed by atoms with Gasteiger partial charge in [-0.3, -0.25) is 9.78 Å². The Hall–Kier alpha value is -0.830. The third-order valence-corrected chi connectivity index (χ3v) is 3.82. The second-order valence-electron chi connectivity index (χ2n) is 3.51. The predicted molar refractivity (Wildman–Crippen MR) is 58.4 cm³/mol. The molecular weight excluding hydrogens is 194 g/mol. The fraction of sp³-hybridized carbons (Fsp3) is 0.455. The molecule has 0 aromatic carbocycles. The highest BCUT2D eigenvalue weighted by Crippen LogP contribution is 2.27. The van der Waals surface area contributed by atoms with E-state index in [0.29, 0.717) is 12.2 Å². The van der Waals surface area contributed by atoms with Crippen molar-refractivity contribution >= 4 is 17.5 Å². The predicted octanol–water partition coefficient (Wildman–Crippen LogP) is 2.09. The molecule has 0 saturated carbocycles. The molecule has 14 heavy (non-hydrogen) atoms. The molecule has 74 valence electrons. The summed E-state index contributed by atoms with van der Waals surface area (Å²) in [5.74, 6) is 1.50. The van der Waals surface area contributed by atoms with Crippen molar-refractivity contribution in [3.8, 4) is 0 Å². The minimum atomic E-state index is 0.246. The molecular formula is C11H13NOS. The number of pyridine rings is 1. The van der Waals surface area contributed by atoms with Crippen molar-refractivity contribution in [3.63, 3.8) is 0 Å². The maximum absolute atomic E-state index is 11.8. The van der Waals surface area contributed by atoms with Crippen LogP contribution in [0.15, 0.2) is 24.5 Å². The molecule has 2 nitrogen and oxygen atoms in total. The van der Waals surface area contributed by atoms with Gasteiger partial charge in [0.25, 0.3) is 0 Å². The summed E-state index contributed by atoms with van der Waals surface area (Å²) in [6.07, 6.45) is 6.30. The fourth-order valence-corrected chi connectivity index (χ4v) is 2.87. The molecule has 3 heteroatoms. The summed E-state index contributed by atoms with van der Waals surface area (Å²) in [5.41, 5.74) is 1.03. The average molecular weight is 207 g/mol. The van der Waals surface area contributed by atoms with E-state index in [1.54, 1.807) is 24.2 Å². The third-order valence-electron chi connectivity index (χ3n) is 2.39. The van der Waals surface area contributed by atoms with E-state index in [2.05, 4.69) is 4.98 Å². The highest BCUT2D eigenvalue weighted by molar-refractivity contribution is 8.00. The molecule has 1 aliphatic rings. The number of carbonyl (C=O) groups excluding carboxylic acids is 1. The van der Waals surface area contributed by atoms with Gasteiger partial charge < -0.3 is 0 Å². The SMILES string of the molecule is O=C(Cc1cccnc1)C1CCCS1. The molecule has 2 heterocycles. The van der Waals surface area contributed by atoms with Gasteiger partial charge in [0.15, 0.2) is 0 Å². The number of hydrogen-bond donors (Lipinski definition) is 0. The van der Waals surface area contributed by atoms with Crippen LogP contribution >= 0.6 is 11.8 Å². The second kappa shape index (κ2) is 4.60. The van der Waals surface area contributed by atoms with Crippen LogP contribution in [0.25, 0.3) is 0 Å². The van der Waals surface area contributed by atoms with Crippen LogP contribution in [0.2, 0.25) is 0 Å². The monoisotopic (exact) mass is 207 g/mol. The highest BCUT2D eigenvalue weighted by Gasteiger charge is 2.22. The topological polar surface area (TPSA) is 30.0 Å². The van der Waals surface area contributed by atoms with E-state index in [-0.39, 0.29) is 5.25 Å². The van der Waals surface area contributed by atoms with Crippen molar-refractivity contribution in [1.29, 1.82) is 0 Å². The largest absolute Gasteiger partial charge is 0.298 e. The molecule has 1 unspecified atom stereocenters. The number of hydrogen-bond acceptors (Lipinski definition) is 3. The normalized spacial score (nSPS) is 21.0. The Balaban J connectivity index is 1.94. The maximum atomic E-state index is 11.8. The number of Topliss-reactive ketones (excluding diaryl/α,β-unsaturated/α-hetero) is 1. The lowest BCUT2D eigenvalue weighted by Crippen LogP contribution is -2.16. The lowest BCUT2D eigenvalue weighted by molar-refractivity contribution is -0.117. The van der Waals surface area contributed by atoms with Gasteiger partial charge in [-0.05, 0) is 30.2 Å². The van der Waals surface area contributed by atoms with Crippen LogP contribution in [0.4, 0.5) is 0 Å². The van der Waals surface area contributed by atoms with Gasteiger partial charge in [0.05, 0.1) is 5.25 Å². The van der Waals surface area contributed by atoms with Crippen molar-refractivity contribution in [2.45, 2.75) is 24.5 Å². The molecule has 1 aromatic rings. The number of ketones is 1. The van der Waals surface area contributed by atoms with Gasteiger partial charge in [-0.1, -0.05) is 6.07 Å². The zero-order valence-corrected chi connectivity index (χ0v) is 8.80. The van der Waals surface area contributed by atoms with Crippen LogP contribution in [0.3, 0.4) is 0 Å². The van der Waals surface area contributed by atoms with Gasteiger partial charge in [-0.25, -0.2) is 0 Å². The first-order chi connectivity index (χ1) is 6.86. The van der Waals surface area contributed by atoms with E-state index in [0.717, 1.165) is 17.7 Å². The van der Waals surface area contributed by atoms with Crippen molar-refractivity contribution in [1.82, 2.24) is 4.98 Å². The Morgan fingerprint density at radius 1 is 1.64 bits per heavy atom. The minimum absolute atomic E-state index is 0.246. The summed E-state index contributed by atoms with van der Waals surface area (Å²) in [7, 11) is 0. The zero-order chi connectivity index (χ0) is 9.80. The number of carbonyl (C=O) groups is 1. The summed E-state index contributed by atoms with van der Waals surface area (Å²) >= 11 is 1.80. The van der Waals surface area contributed by atoms with Crippen LogP contribution in [-0.4, -0.2) is 21.8 Å². The number of thioether (sulfide) groups is 1. The maximum Gasteiger partial charge on any atom is 0.150 e. The van der Waals surface area contributed by atoms with Gasteiger partial charge in [0.1, 0.15) is 5.78 Å². The quantitative estimate of drug-likeness (QED) is 0.760. The molecule has 0 N–H and O–H groups in total. The molecule has 0 amide bonds. The standard InChI is InChI=1S/C11H13NOS/c13-10(11-4-2-6-14-11)7-9-3-1-5-12-8-9/h1,3,5,8,11H,2,4,6-7H2. The van der Waals surface area contributed by atoms with Gasteiger partial charge in [0, 0.05) is 18.8 Å². The molecule has 0 aliphatic carbocycles. The molecule has 0 radical (unpaired) electrons. The summed E-state index contributed by atoms with van der Waals surface area (Å²) in [5, 5.41) is 0.246. The summed E-state index contributed by atoms with van der Waals surface area (Å²) in [4.78, 5) is 15.8. The van der Waals surface area contributed by atoms with E-state index >= 15 is 0 Å². The van der Waals surface area contributed by atoms with E-state index in [9.17, 15) is 4.79 Å². The number of nitrogens with zero attached hydrogens (tertiary/aromatic N) is 1. The van der Waals surface area contributed by atoms with Gasteiger partial charge >= 0.3 is 0 Å². The van der Waals surface area contributed by atoms with Gasteiger partial charge in [-0.15, -0.1) is 0 Å². The number of rotatable bonds is 3. The number of aromatic nitrogens is 1. The zero-order valence-electron chi connectivity index (χ0n) is 7.98. The minimum Gasteiger partial charge on any atom is -0.298 e. The Morgan fingerprint density at radius 3 is 3.21 bits per heavy atom. The first kappa shape index (κ1) is 9.71. The Morgan fingerprint density at radius 2 is 2.57 bits per heavy atom. The van der Waals surface area contributed by atoms with Crippen LogP contribution in [-0.2, 0) is 11.2 Å². The molecule has 1 atom stereocenters. The first-order valence-corrected chi connectivity index (χ1v) is 5.94. The summed E-state index contributed by atoms with van der Waals surface area (Å²) < 4.78 is 0. The van der Waals surface area contributed by atoms with Gasteiger partial charge in [0.2, 0.25) is 0 Å². The van der Waals surface area contributed by atoms with Crippen molar-refractivity contribution in [3.05, 3.63) is 30.1 Å². The Labute approximate surface area is 88.1 Å². The average Bonchev–Trinajstić information content (AvgIpc) is 2.72. The lowest BCUT2D eigenvalue weighted by atomic mass is 10.1. The van der Waals surface area contributed by atoms with Crippen molar-refractivity contribution < 1.29 is 4.79 Å². The lowest BCUT2D eigenvalue weighted by Gasteiger charge is -2.06. The van der Waals surface area contributed by atoms with E-state index in [1.807, 2.05) is 12.1 Å². The first-order valence-electron chi connectivity index (χ1n) is 4.89. The van der Waals surface area contributed by atoms with Crippen LogP contribution in [0, 0.1) is 0 Å². The summed E-state index contributed by atoms with van der Waals surface area (Å²) in [6, 6.07) is 3.84. The Kier molecular flexibility index (Phi) is 3.19. The smallest absolute Gasteiger partial charge is 0.150 e. The van der Waals surface area contributed by atoms with Crippen LogP contribution < -0.4 is 0 Å². The summed E-state index contributed by atoms with van der Waals surface area (Å²) in [6.45, 7) is 0. The molecule has 1 fully saturated rings. The van der Waals surface area contributed by atoms with Gasteiger partial charge in [-0.2, -0.15) is 11.8 Å². The molecule has 1 aromatic heterocycles. The van der Waals surface area contributed by atoms with Crippen LogP contribution in [0.5, 0.6) is 0 Å². The van der Waals surface area contributed by atoms with Crippen molar-refractivity contribution in [2.24, 2.45) is 0 Å². The molecule has 1 saturated heterocycles. The Bertz CT molecular complexity index is 306. The van der Waals surface area contributed by atoms with Crippen molar-refractivity contribution in [2.75, 3.05) is 5.75 Å². The molecule has 1 aliphatic heterocycles. The van der Waals surface area contributed by atoms with E-state index in [1.165, 1.54) is 6.42 Å². The fourth-order valence-electron chi connectivity index (χ4n) is 1.65. The molecule has 2 rings (SSSR count). The third kappa shape index (κ3) is 2.35. The molecule has 0 bridgehead atoms. The van der Waals surface area contributed by atoms with E-state index in [4.69, 9.17) is 0 Å². The second-order valence-corrected chi connectivity index (χ2v) is 4.82. The van der Waals surface area contributed by atoms with E-state index < -0.39 is 0 Å². The molecule has 0 spiro atoms.